The van der Waals surface area contributed by atoms with Gasteiger partial charge < -0.3 is 5.11 Å². The number of carboxylic acids is 1. The normalized spacial score (nSPS) is 31.2. The molecule has 2 fully saturated rings. The molecule has 1 atom stereocenters. The molecule has 2 rings (SSSR count). The molecular formula is C10H18N2O4S. The molecule has 0 aromatic rings. The molecule has 0 radical (unpaired) electrons. The van der Waals surface area contributed by atoms with Crippen LogP contribution >= 0.6 is 0 Å². The maximum absolute atomic E-state index is 11.9. The van der Waals surface area contributed by atoms with Gasteiger partial charge in [0.25, 0.3) is 10.2 Å². The fraction of sp³-hybridized carbons (Fsp3) is 0.900. The number of nitrogens with one attached hydrogen (secondary N) is 1. The smallest absolute Gasteiger partial charge is 0.309 e. The molecule has 0 aromatic carbocycles. The highest BCUT2D eigenvalue weighted by Gasteiger charge is 2.38. The molecule has 7 heteroatoms. The fourth-order valence-corrected chi connectivity index (χ4v) is 4.11. The van der Waals surface area contributed by atoms with Crippen LogP contribution in [0, 0.1) is 5.92 Å². The second-order valence-corrected chi connectivity index (χ2v) is 6.46. The van der Waals surface area contributed by atoms with Crippen molar-refractivity contribution in [3.05, 3.63) is 0 Å². The molecule has 1 saturated heterocycles. The van der Waals surface area contributed by atoms with Crippen LogP contribution in [0.5, 0.6) is 0 Å². The Morgan fingerprint density at radius 2 is 1.88 bits per heavy atom. The Balaban J connectivity index is 2.12. The molecule has 17 heavy (non-hydrogen) atoms. The number of hydrogen-bond donors (Lipinski definition) is 2. The summed E-state index contributed by atoms with van der Waals surface area (Å²) in [5, 5.41) is 8.96. The molecule has 0 amide bonds. The SMILES string of the molecule is O=C(O)C1CNS(=O)(=O)N(C2CCCCC2)C1. The third kappa shape index (κ3) is 2.78. The molecule has 1 heterocycles. The number of hydrogen-bond acceptors (Lipinski definition) is 3. The second-order valence-electron chi connectivity index (χ2n) is 4.75. The van der Waals surface area contributed by atoms with E-state index in [4.69, 9.17) is 5.11 Å². The minimum Gasteiger partial charge on any atom is -0.481 e. The van der Waals surface area contributed by atoms with E-state index in [1.807, 2.05) is 0 Å². The van der Waals surface area contributed by atoms with E-state index in [9.17, 15) is 13.2 Å². The largest absolute Gasteiger partial charge is 0.481 e. The molecule has 1 unspecified atom stereocenters. The summed E-state index contributed by atoms with van der Waals surface area (Å²) in [5.41, 5.74) is 0. The molecule has 6 nitrogen and oxygen atoms in total. The van der Waals surface area contributed by atoms with Crippen LogP contribution < -0.4 is 4.72 Å². The van der Waals surface area contributed by atoms with Gasteiger partial charge >= 0.3 is 5.97 Å². The predicted octanol–water partition coefficient (Wildman–Crippen LogP) is 0.170. The number of nitrogens with zero attached hydrogens (tertiary/aromatic N) is 1. The van der Waals surface area contributed by atoms with Crippen molar-refractivity contribution < 1.29 is 18.3 Å². The highest BCUT2D eigenvalue weighted by molar-refractivity contribution is 7.87. The third-order valence-corrected chi connectivity index (χ3v) is 5.15. The number of rotatable bonds is 2. The van der Waals surface area contributed by atoms with Crippen LogP contribution in [0.1, 0.15) is 32.1 Å². The van der Waals surface area contributed by atoms with E-state index in [2.05, 4.69) is 4.72 Å². The number of aliphatic carboxylic acids is 1. The number of carboxylic acid groups (broad SMARTS) is 1. The van der Waals surface area contributed by atoms with Gasteiger partial charge in [-0.3, -0.25) is 4.79 Å². The molecule has 1 saturated carbocycles. The van der Waals surface area contributed by atoms with Crippen LogP contribution in [0.3, 0.4) is 0 Å². The summed E-state index contributed by atoms with van der Waals surface area (Å²) in [5.74, 6) is -1.58. The third-order valence-electron chi connectivity index (χ3n) is 3.55. The van der Waals surface area contributed by atoms with Gasteiger partial charge in [0, 0.05) is 19.1 Å². The Hall–Kier alpha value is -0.660. The van der Waals surface area contributed by atoms with Gasteiger partial charge in [0.05, 0.1) is 5.92 Å². The van der Waals surface area contributed by atoms with Crippen molar-refractivity contribution in [1.82, 2.24) is 9.03 Å². The standard InChI is InChI=1S/C10H18N2O4S/c13-10(14)8-6-11-17(15,16)12(7-8)9-4-2-1-3-5-9/h8-9,11H,1-7H2,(H,13,14). The lowest BCUT2D eigenvalue weighted by molar-refractivity contribution is -0.142. The first-order valence-corrected chi connectivity index (χ1v) is 7.44. The zero-order valence-electron chi connectivity index (χ0n) is 9.63. The highest BCUT2D eigenvalue weighted by atomic mass is 32.2. The molecule has 0 spiro atoms. The fourth-order valence-electron chi connectivity index (χ4n) is 2.55. The van der Waals surface area contributed by atoms with Gasteiger partial charge in [-0.2, -0.15) is 12.7 Å². The van der Waals surface area contributed by atoms with E-state index in [1.54, 1.807) is 0 Å². The predicted molar refractivity (Wildman–Crippen MR) is 61.6 cm³/mol. The van der Waals surface area contributed by atoms with Crippen LogP contribution in [0.4, 0.5) is 0 Å². The Labute approximate surface area is 101 Å². The van der Waals surface area contributed by atoms with Crippen molar-refractivity contribution >= 4 is 16.2 Å². The van der Waals surface area contributed by atoms with E-state index in [-0.39, 0.29) is 19.1 Å². The molecule has 0 bridgehead atoms. The number of carbonyl (C=O) groups is 1. The summed E-state index contributed by atoms with van der Waals surface area (Å²) in [7, 11) is -3.47. The van der Waals surface area contributed by atoms with Crippen LogP contribution in [0.25, 0.3) is 0 Å². The summed E-state index contributed by atoms with van der Waals surface area (Å²) in [6.07, 6.45) is 4.86. The van der Waals surface area contributed by atoms with Crippen molar-refractivity contribution in [2.75, 3.05) is 13.1 Å². The molecule has 2 N–H and O–H groups in total. The van der Waals surface area contributed by atoms with Gasteiger partial charge in [0.15, 0.2) is 0 Å². The maximum atomic E-state index is 11.9. The van der Waals surface area contributed by atoms with Gasteiger partial charge in [-0.1, -0.05) is 19.3 Å². The van der Waals surface area contributed by atoms with Gasteiger partial charge in [-0.25, -0.2) is 4.72 Å². The summed E-state index contributed by atoms with van der Waals surface area (Å²) >= 11 is 0. The lowest BCUT2D eigenvalue weighted by Crippen LogP contribution is -2.56. The first-order chi connectivity index (χ1) is 8.00. The van der Waals surface area contributed by atoms with Gasteiger partial charge in [-0.05, 0) is 12.8 Å². The average molecular weight is 262 g/mol. The first kappa shape index (κ1) is 12.8. The zero-order chi connectivity index (χ0) is 12.5. The summed E-state index contributed by atoms with van der Waals surface area (Å²) in [6.45, 7) is 0.107. The van der Waals surface area contributed by atoms with Crippen LogP contribution in [0.2, 0.25) is 0 Å². The first-order valence-electron chi connectivity index (χ1n) is 6.00. The topological polar surface area (TPSA) is 86.7 Å². The van der Waals surface area contributed by atoms with Crippen molar-refractivity contribution in [2.24, 2.45) is 5.92 Å². The Kier molecular flexibility index (Phi) is 3.70. The summed E-state index contributed by atoms with van der Waals surface area (Å²) < 4.78 is 27.5. The van der Waals surface area contributed by atoms with Gasteiger partial charge in [0.2, 0.25) is 0 Å². The van der Waals surface area contributed by atoms with E-state index in [0.717, 1.165) is 32.1 Å². The monoisotopic (exact) mass is 262 g/mol. The Bertz CT molecular complexity index is 389. The van der Waals surface area contributed by atoms with Crippen LogP contribution in [-0.2, 0) is 15.0 Å². The molecular weight excluding hydrogens is 244 g/mol. The van der Waals surface area contributed by atoms with E-state index in [0.29, 0.717) is 0 Å². The minimum absolute atomic E-state index is 0.000880. The molecule has 1 aliphatic heterocycles. The van der Waals surface area contributed by atoms with Gasteiger partial charge in [-0.15, -0.1) is 0 Å². The van der Waals surface area contributed by atoms with E-state index < -0.39 is 22.1 Å². The second kappa shape index (κ2) is 4.91. The van der Waals surface area contributed by atoms with Crippen molar-refractivity contribution in [3.8, 4) is 0 Å². The van der Waals surface area contributed by atoms with Crippen molar-refractivity contribution in [1.29, 1.82) is 0 Å². The molecule has 2 aliphatic rings. The summed E-state index contributed by atoms with van der Waals surface area (Å²) in [4.78, 5) is 10.9. The highest BCUT2D eigenvalue weighted by Crippen LogP contribution is 2.26. The Morgan fingerprint density at radius 1 is 1.24 bits per heavy atom. The van der Waals surface area contributed by atoms with E-state index >= 15 is 0 Å². The average Bonchev–Trinajstić information content (AvgIpc) is 2.29. The molecule has 1 aliphatic carbocycles. The van der Waals surface area contributed by atoms with Gasteiger partial charge in [0.1, 0.15) is 0 Å². The summed E-state index contributed by atoms with van der Waals surface area (Å²) in [6, 6.07) is -0.0246. The minimum atomic E-state index is -3.47. The molecule has 0 aromatic heterocycles. The lowest BCUT2D eigenvalue weighted by atomic mass is 9.95. The van der Waals surface area contributed by atoms with E-state index in [1.165, 1.54) is 4.31 Å². The zero-order valence-corrected chi connectivity index (χ0v) is 10.4. The molecule has 98 valence electrons. The lowest BCUT2D eigenvalue weighted by Gasteiger charge is -2.37. The van der Waals surface area contributed by atoms with Crippen LogP contribution in [0.15, 0.2) is 0 Å². The Morgan fingerprint density at radius 3 is 2.47 bits per heavy atom. The quantitative estimate of drug-likeness (QED) is 0.742. The van der Waals surface area contributed by atoms with Crippen LogP contribution in [-0.4, -0.2) is 42.9 Å². The maximum Gasteiger partial charge on any atom is 0.309 e. The van der Waals surface area contributed by atoms with Crippen molar-refractivity contribution in [3.63, 3.8) is 0 Å². The van der Waals surface area contributed by atoms with Crippen molar-refractivity contribution in [2.45, 2.75) is 38.1 Å².